The van der Waals surface area contributed by atoms with Crippen LogP contribution < -0.4 is 10.3 Å². The normalized spacial score (nSPS) is 11.6. The molecule has 37 heavy (non-hydrogen) atoms. The van der Waals surface area contributed by atoms with Crippen molar-refractivity contribution in [2.45, 2.75) is 46.6 Å². The van der Waals surface area contributed by atoms with Crippen molar-refractivity contribution < 1.29 is 13.5 Å². The standard InChI is InChI=1S/C27H24Cl2F2N4O2/c1-14-12-32-26(27(3,4)5)34-23(14)16-7-9-19(28)21(10-16)35-15(2)33-24(22(29)25(35)36)37-13-17-6-8-18(30)11-20(17)31/h6-12H,13H2,1-5H3. The number of halogens is 4. The van der Waals surface area contributed by atoms with Crippen LogP contribution in [0.25, 0.3) is 16.9 Å². The Balaban J connectivity index is 1.75. The fourth-order valence-electron chi connectivity index (χ4n) is 3.67. The van der Waals surface area contributed by atoms with Gasteiger partial charge in [0, 0.05) is 28.8 Å². The number of ether oxygens (including phenoxy) is 1. The van der Waals surface area contributed by atoms with Gasteiger partial charge in [0.25, 0.3) is 5.56 Å². The Morgan fingerprint density at radius 1 is 1.03 bits per heavy atom. The van der Waals surface area contributed by atoms with Crippen molar-refractivity contribution in [3.8, 4) is 22.8 Å². The van der Waals surface area contributed by atoms with E-state index in [9.17, 15) is 13.6 Å². The second-order valence-electron chi connectivity index (χ2n) is 9.58. The van der Waals surface area contributed by atoms with Crippen LogP contribution in [0.3, 0.4) is 0 Å². The Bertz CT molecular complexity index is 1570. The zero-order valence-corrected chi connectivity index (χ0v) is 22.4. The summed E-state index contributed by atoms with van der Waals surface area (Å²) in [5.74, 6) is -0.724. The van der Waals surface area contributed by atoms with Crippen molar-refractivity contribution in [2.75, 3.05) is 0 Å². The van der Waals surface area contributed by atoms with Crippen molar-refractivity contribution >= 4 is 23.2 Å². The Kier molecular flexibility index (Phi) is 7.35. The first-order valence-electron chi connectivity index (χ1n) is 11.4. The van der Waals surface area contributed by atoms with E-state index >= 15 is 0 Å². The zero-order chi connectivity index (χ0) is 27.1. The van der Waals surface area contributed by atoms with Crippen LogP contribution in [0.1, 0.15) is 43.5 Å². The Labute approximate surface area is 222 Å². The van der Waals surface area contributed by atoms with Gasteiger partial charge >= 0.3 is 0 Å². The van der Waals surface area contributed by atoms with E-state index in [2.05, 4.69) is 9.97 Å². The molecule has 6 nitrogen and oxygen atoms in total. The maximum Gasteiger partial charge on any atom is 0.280 e. The van der Waals surface area contributed by atoms with Gasteiger partial charge in [-0.2, -0.15) is 4.98 Å². The van der Waals surface area contributed by atoms with Crippen molar-refractivity contribution in [1.29, 1.82) is 0 Å². The van der Waals surface area contributed by atoms with Crippen LogP contribution in [0, 0.1) is 25.5 Å². The molecule has 0 saturated carbocycles. The lowest BCUT2D eigenvalue weighted by Crippen LogP contribution is -2.24. The van der Waals surface area contributed by atoms with Gasteiger partial charge in [-0.05, 0) is 43.7 Å². The molecule has 0 unspecified atom stereocenters. The largest absolute Gasteiger partial charge is 0.471 e. The van der Waals surface area contributed by atoms with Crippen LogP contribution in [-0.2, 0) is 12.0 Å². The molecular formula is C27H24Cl2F2N4O2. The third-order valence-corrected chi connectivity index (χ3v) is 6.29. The minimum Gasteiger partial charge on any atom is -0.471 e. The molecule has 192 valence electrons. The monoisotopic (exact) mass is 544 g/mol. The summed E-state index contributed by atoms with van der Waals surface area (Å²) in [6, 6.07) is 8.33. The predicted molar refractivity (Wildman–Crippen MR) is 140 cm³/mol. The maximum absolute atomic E-state index is 14.0. The molecule has 0 bridgehead atoms. The first-order valence-corrected chi connectivity index (χ1v) is 12.1. The fraction of sp³-hybridized carbons (Fsp3) is 0.259. The molecule has 0 aliphatic heterocycles. The number of nitrogens with zero attached hydrogens (tertiary/aromatic N) is 4. The molecule has 4 aromatic rings. The third kappa shape index (κ3) is 5.50. The lowest BCUT2D eigenvalue weighted by atomic mass is 9.95. The summed E-state index contributed by atoms with van der Waals surface area (Å²) in [5.41, 5.74) is 1.89. The Morgan fingerprint density at radius 3 is 2.43 bits per heavy atom. The van der Waals surface area contributed by atoms with Gasteiger partial charge in [-0.25, -0.2) is 18.7 Å². The maximum atomic E-state index is 14.0. The molecule has 0 amide bonds. The molecule has 2 aromatic carbocycles. The van der Waals surface area contributed by atoms with Crippen LogP contribution in [0.5, 0.6) is 5.88 Å². The summed E-state index contributed by atoms with van der Waals surface area (Å²) in [6.07, 6.45) is 1.77. The van der Waals surface area contributed by atoms with E-state index in [1.807, 2.05) is 33.8 Å². The van der Waals surface area contributed by atoms with Crippen LogP contribution >= 0.6 is 23.2 Å². The average Bonchev–Trinajstić information content (AvgIpc) is 2.82. The van der Waals surface area contributed by atoms with Crippen molar-refractivity contribution in [1.82, 2.24) is 19.5 Å². The number of aryl methyl sites for hydroxylation is 2. The first kappa shape index (κ1) is 26.7. The minimum absolute atomic E-state index is 0.0895. The quantitative estimate of drug-likeness (QED) is 0.277. The lowest BCUT2D eigenvalue weighted by Gasteiger charge is -2.19. The van der Waals surface area contributed by atoms with Crippen molar-refractivity contribution in [3.63, 3.8) is 0 Å². The number of rotatable bonds is 5. The highest BCUT2D eigenvalue weighted by Crippen LogP contribution is 2.31. The molecule has 0 N–H and O–H groups in total. The van der Waals surface area contributed by atoms with Gasteiger partial charge in [0.2, 0.25) is 5.88 Å². The van der Waals surface area contributed by atoms with E-state index in [1.165, 1.54) is 10.6 Å². The molecule has 0 atom stereocenters. The minimum atomic E-state index is -0.778. The highest BCUT2D eigenvalue weighted by Gasteiger charge is 2.21. The summed E-state index contributed by atoms with van der Waals surface area (Å²) in [7, 11) is 0. The number of aromatic nitrogens is 4. The number of hydrogen-bond acceptors (Lipinski definition) is 5. The zero-order valence-electron chi connectivity index (χ0n) is 20.9. The van der Waals surface area contributed by atoms with Gasteiger partial charge in [0.05, 0.1) is 16.4 Å². The summed E-state index contributed by atoms with van der Waals surface area (Å²) >= 11 is 12.8. The molecule has 2 aromatic heterocycles. The number of hydrogen-bond donors (Lipinski definition) is 0. The van der Waals surface area contributed by atoms with Crippen LogP contribution in [0.2, 0.25) is 10.0 Å². The van der Waals surface area contributed by atoms with Gasteiger partial charge in [-0.1, -0.05) is 50.0 Å². The topological polar surface area (TPSA) is 69.9 Å². The van der Waals surface area contributed by atoms with Gasteiger partial charge in [0.1, 0.15) is 29.9 Å². The third-order valence-electron chi connectivity index (χ3n) is 5.65. The average molecular weight is 545 g/mol. The molecule has 0 radical (unpaired) electrons. The molecule has 0 saturated heterocycles. The fourth-order valence-corrected chi connectivity index (χ4v) is 4.06. The molecule has 0 fully saturated rings. The van der Waals surface area contributed by atoms with Gasteiger partial charge < -0.3 is 4.74 Å². The second-order valence-corrected chi connectivity index (χ2v) is 10.4. The smallest absolute Gasteiger partial charge is 0.280 e. The molecule has 0 aliphatic carbocycles. The van der Waals surface area contributed by atoms with Crippen molar-refractivity contribution in [3.05, 3.63) is 97.4 Å². The molecule has 10 heteroatoms. The van der Waals surface area contributed by atoms with Crippen LogP contribution in [0.15, 0.2) is 47.4 Å². The number of benzene rings is 2. The predicted octanol–water partition coefficient (Wildman–Crippen LogP) is 6.77. The second kappa shape index (κ2) is 10.2. The SMILES string of the molecule is Cc1cnc(C(C)(C)C)nc1-c1ccc(Cl)c(-n2c(C)nc(OCc3ccc(F)cc3F)c(Cl)c2=O)c1. The highest BCUT2D eigenvalue weighted by molar-refractivity contribution is 6.33. The van der Waals surface area contributed by atoms with Gasteiger partial charge in [0.15, 0.2) is 5.02 Å². The molecule has 4 rings (SSSR count). The Hall–Kier alpha value is -3.36. The summed E-state index contributed by atoms with van der Waals surface area (Å²) in [5, 5.41) is -0.000512. The van der Waals surface area contributed by atoms with Crippen LogP contribution in [0.4, 0.5) is 8.78 Å². The first-order chi connectivity index (χ1) is 17.4. The van der Waals surface area contributed by atoms with Crippen molar-refractivity contribution in [2.24, 2.45) is 0 Å². The summed E-state index contributed by atoms with van der Waals surface area (Å²) in [4.78, 5) is 26.8. The highest BCUT2D eigenvalue weighted by atomic mass is 35.5. The van der Waals surface area contributed by atoms with Gasteiger partial charge in [-0.3, -0.25) is 9.36 Å². The molecule has 2 heterocycles. The van der Waals surface area contributed by atoms with E-state index in [1.54, 1.807) is 25.3 Å². The van der Waals surface area contributed by atoms with E-state index in [-0.39, 0.29) is 34.3 Å². The molecule has 0 aliphatic rings. The van der Waals surface area contributed by atoms with Gasteiger partial charge in [-0.15, -0.1) is 0 Å². The summed E-state index contributed by atoms with van der Waals surface area (Å²) in [6.45, 7) is 9.29. The van der Waals surface area contributed by atoms with E-state index in [0.717, 1.165) is 23.3 Å². The van der Waals surface area contributed by atoms with E-state index < -0.39 is 17.2 Å². The van der Waals surface area contributed by atoms with E-state index in [4.69, 9.17) is 32.9 Å². The van der Waals surface area contributed by atoms with Crippen LogP contribution in [-0.4, -0.2) is 19.5 Å². The lowest BCUT2D eigenvalue weighted by molar-refractivity contribution is 0.285. The molecule has 0 spiro atoms. The summed E-state index contributed by atoms with van der Waals surface area (Å²) < 4.78 is 33.9. The van der Waals surface area contributed by atoms with E-state index in [0.29, 0.717) is 22.2 Å². The molecular weight excluding hydrogens is 521 g/mol. The Morgan fingerprint density at radius 2 is 1.76 bits per heavy atom.